The van der Waals surface area contributed by atoms with E-state index in [2.05, 4.69) is 53.3 Å². The second-order valence-corrected chi connectivity index (χ2v) is 5.53. The third kappa shape index (κ3) is 2.85. The predicted molar refractivity (Wildman–Crippen MR) is 77.9 cm³/mol. The van der Waals surface area contributed by atoms with Crippen LogP contribution in [-0.4, -0.2) is 23.5 Å². The molecule has 1 aliphatic rings. The van der Waals surface area contributed by atoms with Gasteiger partial charge < -0.3 is 0 Å². The summed E-state index contributed by atoms with van der Waals surface area (Å²) in [5, 5.41) is 0. The lowest BCUT2D eigenvalue weighted by atomic mass is 9.95. The molecule has 2 heteroatoms. The monoisotopic (exact) mass is 252 g/mol. The van der Waals surface area contributed by atoms with Crippen molar-refractivity contribution in [3.05, 3.63) is 66.0 Å². The molecule has 1 saturated heterocycles. The van der Waals surface area contributed by atoms with Crippen molar-refractivity contribution in [2.24, 2.45) is 5.92 Å². The van der Waals surface area contributed by atoms with Crippen molar-refractivity contribution in [2.75, 3.05) is 13.6 Å². The predicted octanol–water partition coefficient (Wildman–Crippen LogP) is 3.32. The van der Waals surface area contributed by atoms with Gasteiger partial charge in [-0.25, -0.2) is 0 Å². The van der Waals surface area contributed by atoms with Gasteiger partial charge in [-0.3, -0.25) is 9.88 Å². The summed E-state index contributed by atoms with van der Waals surface area (Å²) in [4.78, 5) is 6.71. The number of aromatic nitrogens is 1. The second-order valence-electron chi connectivity index (χ2n) is 5.53. The summed E-state index contributed by atoms with van der Waals surface area (Å²) in [7, 11) is 2.22. The van der Waals surface area contributed by atoms with E-state index in [-0.39, 0.29) is 0 Å². The van der Waals surface area contributed by atoms with Gasteiger partial charge in [-0.2, -0.15) is 0 Å². The molecule has 2 heterocycles. The van der Waals surface area contributed by atoms with Crippen LogP contribution in [0.4, 0.5) is 0 Å². The highest BCUT2D eigenvalue weighted by atomic mass is 15.2. The van der Waals surface area contributed by atoms with Gasteiger partial charge in [0.2, 0.25) is 0 Å². The Hall–Kier alpha value is -1.67. The molecular weight excluding hydrogens is 232 g/mol. The average Bonchev–Trinajstić information content (AvgIpc) is 2.82. The molecule has 2 aromatic rings. The van der Waals surface area contributed by atoms with Crippen LogP contribution in [0.25, 0.3) is 0 Å². The molecule has 0 spiro atoms. The first-order valence-corrected chi connectivity index (χ1v) is 6.97. The largest absolute Gasteiger partial charge is 0.299 e. The molecule has 1 aromatic carbocycles. The number of hydrogen-bond donors (Lipinski definition) is 0. The Morgan fingerprint density at radius 1 is 1.16 bits per heavy atom. The van der Waals surface area contributed by atoms with Crippen molar-refractivity contribution < 1.29 is 0 Å². The quantitative estimate of drug-likeness (QED) is 0.833. The molecule has 1 aromatic heterocycles. The molecular formula is C17H20N2. The van der Waals surface area contributed by atoms with Crippen molar-refractivity contribution in [3.8, 4) is 0 Å². The minimum atomic E-state index is 0.530. The number of nitrogens with zero attached hydrogens (tertiary/aromatic N) is 2. The molecule has 0 N–H and O–H groups in total. The van der Waals surface area contributed by atoms with E-state index in [0.29, 0.717) is 6.04 Å². The maximum Gasteiger partial charge on any atom is 0.0363 e. The normalized spacial score (nSPS) is 23.6. The molecule has 0 aliphatic carbocycles. The van der Waals surface area contributed by atoms with Crippen LogP contribution in [0, 0.1) is 5.92 Å². The lowest BCUT2D eigenvalue weighted by molar-refractivity contribution is 0.313. The Balaban J connectivity index is 1.69. The molecule has 3 rings (SSSR count). The third-order valence-corrected chi connectivity index (χ3v) is 4.07. The lowest BCUT2D eigenvalue weighted by Gasteiger charge is -2.18. The molecule has 0 saturated carbocycles. The molecule has 2 atom stereocenters. The first-order valence-electron chi connectivity index (χ1n) is 6.97. The molecule has 0 bridgehead atoms. The lowest BCUT2D eigenvalue weighted by Crippen LogP contribution is -2.18. The summed E-state index contributed by atoms with van der Waals surface area (Å²) < 4.78 is 0. The zero-order valence-electron chi connectivity index (χ0n) is 11.4. The molecule has 0 radical (unpaired) electrons. The van der Waals surface area contributed by atoms with E-state index in [1.807, 2.05) is 18.5 Å². The molecule has 98 valence electrons. The minimum absolute atomic E-state index is 0.530. The molecule has 0 amide bonds. The summed E-state index contributed by atoms with van der Waals surface area (Å²) in [6, 6.07) is 15.6. The summed E-state index contributed by atoms with van der Waals surface area (Å²) in [5.41, 5.74) is 2.80. The van der Waals surface area contributed by atoms with Crippen molar-refractivity contribution in [1.82, 2.24) is 9.88 Å². The maximum absolute atomic E-state index is 4.25. The summed E-state index contributed by atoms with van der Waals surface area (Å²) in [5.74, 6) is 0.748. The van der Waals surface area contributed by atoms with Gasteiger partial charge >= 0.3 is 0 Å². The minimum Gasteiger partial charge on any atom is -0.299 e. The molecule has 1 aliphatic heterocycles. The number of likely N-dealkylation sites (tertiary alicyclic amines) is 1. The van der Waals surface area contributed by atoms with E-state index < -0.39 is 0 Å². The van der Waals surface area contributed by atoms with Crippen LogP contribution < -0.4 is 0 Å². The van der Waals surface area contributed by atoms with Gasteiger partial charge in [0.15, 0.2) is 0 Å². The molecule has 19 heavy (non-hydrogen) atoms. The van der Waals surface area contributed by atoms with Crippen LogP contribution in [0.15, 0.2) is 54.9 Å². The van der Waals surface area contributed by atoms with Gasteiger partial charge in [-0.15, -0.1) is 0 Å². The van der Waals surface area contributed by atoms with Gasteiger partial charge in [-0.1, -0.05) is 36.4 Å². The van der Waals surface area contributed by atoms with E-state index in [0.717, 1.165) is 5.92 Å². The zero-order valence-corrected chi connectivity index (χ0v) is 11.4. The topological polar surface area (TPSA) is 16.1 Å². The zero-order chi connectivity index (χ0) is 13.1. The molecule has 2 nitrogen and oxygen atoms in total. The highest BCUT2D eigenvalue weighted by Gasteiger charge is 2.30. The van der Waals surface area contributed by atoms with Crippen LogP contribution in [0.3, 0.4) is 0 Å². The highest BCUT2D eigenvalue weighted by molar-refractivity contribution is 5.18. The Bertz CT molecular complexity index is 509. The highest BCUT2D eigenvalue weighted by Crippen LogP contribution is 2.35. The van der Waals surface area contributed by atoms with E-state index in [1.165, 1.54) is 30.5 Å². The number of pyridine rings is 1. The third-order valence-electron chi connectivity index (χ3n) is 4.07. The fraction of sp³-hybridized carbons (Fsp3) is 0.353. The first-order chi connectivity index (χ1) is 9.33. The molecule has 0 unspecified atom stereocenters. The van der Waals surface area contributed by atoms with Crippen molar-refractivity contribution >= 4 is 0 Å². The van der Waals surface area contributed by atoms with Gasteiger partial charge in [0.25, 0.3) is 0 Å². The van der Waals surface area contributed by atoms with Crippen LogP contribution in [-0.2, 0) is 6.42 Å². The summed E-state index contributed by atoms with van der Waals surface area (Å²) >= 11 is 0. The van der Waals surface area contributed by atoms with Gasteiger partial charge in [0.05, 0.1) is 0 Å². The SMILES string of the molecule is CN1C[C@H](Cc2ccccc2)C[C@H]1c1cccnc1. The standard InChI is InChI=1S/C17H20N2/c1-19-13-15(10-14-6-3-2-4-7-14)11-17(19)16-8-5-9-18-12-16/h2-9,12,15,17H,10-11,13H2,1H3/t15-,17+/m1/s1. The second kappa shape index (κ2) is 5.54. The number of benzene rings is 1. The Morgan fingerprint density at radius 3 is 2.74 bits per heavy atom. The summed E-state index contributed by atoms with van der Waals surface area (Å²) in [6.45, 7) is 1.18. The Labute approximate surface area is 115 Å². The number of rotatable bonds is 3. The van der Waals surface area contributed by atoms with Crippen molar-refractivity contribution in [1.29, 1.82) is 0 Å². The first kappa shape index (κ1) is 12.4. The fourth-order valence-corrected chi connectivity index (χ4v) is 3.16. The van der Waals surface area contributed by atoms with Crippen molar-refractivity contribution in [2.45, 2.75) is 18.9 Å². The van der Waals surface area contributed by atoms with E-state index in [9.17, 15) is 0 Å². The van der Waals surface area contributed by atoms with Crippen LogP contribution in [0.1, 0.15) is 23.6 Å². The Kier molecular flexibility index (Phi) is 3.60. The van der Waals surface area contributed by atoms with Crippen LogP contribution in [0.5, 0.6) is 0 Å². The van der Waals surface area contributed by atoms with Crippen molar-refractivity contribution in [3.63, 3.8) is 0 Å². The smallest absolute Gasteiger partial charge is 0.0363 e. The van der Waals surface area contributed by atoms with Gasteiger partial charge in [-0.05, 0) is 43.0 Å². The number of hydrogen-bond acceptors (Lipinski definition) is 2. The Morgan fingerprint density at radius 2 is 2.00 bits per heavy atom. The fourth-order valence-electron chi connectivity index (χ4n) is 3.16. The van der Waals surface area contributed by atoms with E-state index >= 15 is 0 Å². The average molecular weight is 252 g/mol. The summed E-state index contributed by atoms with van der Waals surface area (Å²) in [6.07, 6.45) is 6.27. The van der Waals surface area contributed by atoms with Gasteiger partial charge in [0, 0.05) is 25.0 Å². The molecule has 1 fully saturated rings. The van der Waals surface area contributed by atoms with Crippen LogP contribution >= 0.6 is 0 Å². The van der Waals surface area contributed by atoms with E-state index in [1.54, 1.807) is 0 Å². The van der Waals surface area contributed by atoms with Crippen LogP contribution in [0.2, 0.25) is 0 Å². The van der Waals surface area contributed by atoms with Gasteiger partial charge in [0.1, 0.15) is 0 Å². The maximum atomic E-state index is 4.25. The van der Waals surface area contributed by atoms with E-state index in [4.69, 9.17) is 0 Å².